The van der Waals surface area contributed by atoms with Gasteiger partial charge in [-0.3, -0.25) is 4.79 Å². The number of amides is 3. The Kier molecular flexibility index (Phi) is 5.97. The van der Waals surface area contributed by atoms with Gasteiger partial charge in [-0.15, -0.1) is 0 Å². The molecule has 0 bridgehead atoms. The zero-order valence-corrected chi connectivity index (χ0v) is 12.6. The molecule has 1 aromatic carbocycles. The van der Waals surface area contributed by atoms with Crippen LogP contribution in [0.3, 0.4) is 0 Å². The van der Waals surface area contributed by atoms with Crippen LogP contribution in [0.2, 0.25) is 0 Å². The number of rotatable bonds is 6. The molecule has 0 unspecified atom stereocenters. The number of halogens is 1. The summed E-state index contributed by atoms with van der Waals surface area (Å²) in [6, 6.07) is 2.71. The molecule has 0 aliphatic heterocycles. The zero-order valence-electron chi connectivity index (χ0n) is 11.1. The lowest BCUT2D eigenvalue weighted by atomic mass is 10.2. The highest BCUT2D eigenvalue weighted by Gasteiger charge is 2.22. The van der Waals surface area contributed by atoms with E-state index in [-0.39, 0.29) is 0 Å². The molecule has 0 aliphatic rings. The first-order valence-electron chi connectivity index (χ1n) is 5.75. The summed E-state index contributed by atoms with van der Waals surface area (Å²) in [4.78, 5) is 33.4. The SMILES string of the molecule is COc1ccc(Br)c(NC(=O)N[C@H](CC(N)=O)C(=O)O)c1. The van der Waals surface area contributed by atoms with E-state index >= 15 is 0 Å². The maximum atomic E-state index is 11.8. The van der Waals surface area contributed by atoms with E-state index in [9.17, 15) is 14.4 Å². The monoisotopic (exact) mass is 359 g/mol. The smallest absolute Gasteiger partial charge is 0.326 e. The zero-order chi connectivity index (χ0) is 16.0. The number of nitrogens with one attached hydrogen (secondary N) is 2. The van der Waals surface area contributed by atoms with Crippen molar-refractivity contribution in [3.8, 4) is 5.75 Å². The number of hydrogen-bond donors (Lipinski definition) is 4. The summed E-state index contributed by atoms with van der Waals surface area (Å²) in [7, 11) is 1.47. The molecule has 0 fully saturated rings. The first kappa shape index (κ1) is 16.8. The first-order chi connectivity index (χ1) is 9.83. The minimum atomic E-state index is -1.40. The van der Waals surface area contributed by atoms with E-state index in [4.69, 9.17) is 15.6 Å². The number of hydrogen-bond acceptors (Lipinski definition) is 4. The number of carboxylic acids is 1. The molecule has 8 nitrogen and oxygen atoms in total. The van der Waals surface area contributed by atoms with Gasteiger partial charge >= 0.3 is 12.0 Å². The maximum Gasteiger partial charge on any atom is 0.326 e. The summed E-state index contributed by atoms with van der Waals surface area (Å²) >= 11 is 3.24. The molecule has 1 atom stereocenters. The van der Waals surface area contributed by atoms with Gasteiger partial charge in [0.25, 0.3) is 0 Å². The molecule has 0 spiro atoms. The number of ether oxygens (including phenoxy) is 1. The summed E-state index contributed by atoms with van der Waals surface area (Å²) in [6.07, 6.45) is -0.498. The van der Waals surface area contributed by atoms with Gasteiger partial charge in [0.1, 0.15) is 11.8 Å². The molecule has 9 heteroatoms. The minimum Gasteiger partial charge on any atom is -0.497 e. The van der Waals surface area contributed by atoms with Crippen LogP contribution in [-0.2, 0) is 9.59 Å². The van der Waals surface area contributed by atoms with Crippen molar-refractivity contribution in [2.45, 2.75) is 12.5 Å². The quantitative estimate of drug-likeness (QED) is 0.599. The van der Waals surface area contributed by atoms with E-state index in [0.717, 1.165) is 0 Å². The lowest BCUT2D eigenvalue weighted by Crippen LogP contribution is -2.45. The Morgan fingerprint density at radius 2 is 2.10 bits per heavy atom. The molecule has 5 N–H and O–H groups in total. The van der Waals surface area contributed by atoms with E-state index in [1.165, 1.54) is 7.11 Å². The van der Waals surface area contributed by atoms with Crippen LogP contribution in [0.25, 0.3) is 0 Å². The van der Waals surface area contributed by atoms with Crippen molar-refractivity contribution in [1.82, 2.24) is 5.32 Å². The summed E-state index contributed by atoms with van der Waals surface area (Å²) in [5, 5.41) is 13.5. The van der Waals surface area contributed by atoms with E-state index in [1.807, 2.05) is 0 Å². The van der Waals surface area contributed by atoms with Crippen LogP contribution in [-0.4, -0.2) is 36.2 Å². The van der Waals surface area contributed by atoms with Crippen molar-refractivity contribution in [3.05, 3.63) is 22.7 Å². The van der Waals surface area contributed by atoms with Gasteiger partial charge in [-0.05, 0) is 28.1 Å². The van der Waals surface area contributed by atoms with Crippen LogP contribution in [0.15, 0.2) is 22.7 Å². The molecule has 1 rings (SSSR count). The van der Waals surface area contributed by atoms with Gasteiger partial charge in [-0.2, -0.15) is 0 Å². The van der Waals surface area contributed by atoms with Crippen molar-refractivity contribution in [1.29, 1.82) is 0 Å². The van der Waals surface area contributed by atoms with Crippen molar-refractivity contribution in [2.75, 3.05) is 12.4 Å². The Bertz CT molecular complexity index is 564. The summed E-state index contributed by atoms with van der Waals surface area (Å²) in [5.74, 6) is -1.67. The molecule has 0 saturated heterocycles. The minimum absolute atomic E-state index is 0.384. The number of carbonyl (C=O) groups excluding carboxylic acids is 2. The molecule has 114 valence electrons. The van der Waals surface area contributed by atoms with Gasteiger partial charge in [0.15, 0.2) is 0 Å². The third-order valence-corrected chi connectivity index (χ3v) is 3.12. The second-order valence-corrected chi connectivity index (χ2v) is 4.86. The fraction of sp³-hybridized carbons (Fsp3) is 0.250. The van der Waals surface area contributed by atoms with E-state index in [2.05, 4.69) is 26.6 Å². The average molecular weight is 360 g/mol. The average Bonchev–Trinajstić information content (AvgIpc) is 2.39. The van der Waals surface area contributed by atoms with Crippen molar-refractivity contribution < 1.29 is 24.2 Å². The first-order valence-corrected chi connectivity index (χ1v) is 6.55. The summed E-state index contributed by atoms with van der Waals surface area (Å²) in [6.45, 7) is 0. The third-order valence-electron chi connectivity index (χ3n) is 2.43. The molecule has 0 heterocycles. The topological polar surface area (TPSA) is 131 Å². The standard InChI is InChI=1S/C12H14BrN3O5/c1-21-6-2-3-7(13)8(4-6)15-12(20)16-9(11(18)19)5-10(14)17/h2-4,9H,5H2,1H3,(H2,14,17)(H,18,19)(H2,15,16,20)/t9-/m1/s1. The Hall–Kier alpha value is -2.29. The second-order valence-electron chi connectivity index (χ2n) is 4.01. The lowest BCUT2D eigenvalue weighted by molar-refractivity contribution is -0.140. The predicted octanol–water partition coefficient (Wildman–Crippen LogP) is 0.908. The fourth-order valence-electron chi connectivity index (χ4n) is 1.45. The molecule has 0 radical (unpaired) electrons. The number of nitrogens with two attached hydrogens (primary N) is 1. The Balaban J connectivity index is 2.76. The second kappa shape index (κ2) is 7.48. The number of carboxylic acid groups (broad SMARTS) is 1. The highest BCUT2D eigenvalue weighted by Crippen LogP contribution is 2.26. The number of urea groups is 1. The molecule has 0 aliphatic carbocycles. The maximum absolute atomic E-state index is 11.8. The van der Waals surface area contributed by atoms with Crippen LogP contribution in [0.1, 0.15) is 6.42 Å². The van der Waals surface area contributed by atoms with Crippen molar-refractivity contribution >= 4 is 39.5 Å². The number of methoxy groups -OCH3 is 1. The summed E-state index contributed by atoms with van der Waals surface area (Å²) < 4.78 is 5.60. The number of primary amides is 1. The number of carbonyl (C=O) groups is 3. The predicted molar refractivity (Wildman–Crippen MR) is 78.1 cm³/mol. The van der Waals surface area contributed by atoms with Crippen LogP contribution in [0, 0.1) is 0 Å². The third kappa shape index (κ3) is 5.30. The summed E-state index contributed by atoms with van der Waals surface area (Å²) in [5.41, 5.74) is 5.31. The van der Waals surface area contributed by atoms with Crippen LogP contribution in [0.5, 0.6) is 5.75 Å². The molecule has 1 aromatic rings. The Morgan fingerprint density at radius 1 is 1.43 bits per heavy atom. The molecule has 21 heavy (non-hydrogen) atoms. The van der Waals surface area contributed by atoms with E-state index in [1.54, 1.807) is 18.2 Å². The lowest BCUT2D eigenvalue weighted by Gasteiger charge is -2.14. The molecular formula is C12H14BrN3O5. The van der Waals surface area contributed by atoms with E-state index < -0.39 is 30.4 Å². The van der Waals surface area contributed by atoms with Crippen LogP contribution in [0.4, 0.5) is 10.5 Å². The Morgan fingerprint density at radius 3 is 2.62 bits per heavy atom. The molecular weight excluding hydrogens is 346 g/mol. The molecule has 0 saturated carbocycles. The molecule has 3 amide bonds. The fourth-order valence-corrected chi connectivity index (χ4v) is 1.79. The van der Waals surface area contributed by atoms with Gasteiger partial charge in [0.2, 0.25) is 5.91 Å². The highest BCUT2D eigenvalue weighted by molar-refractivity contribution is 9.10. The van der Waals surface area contributed by atoms with Crippen LogP contribution < -0.4 is 21.1 Å². The van der Waals surface area contributed by atoms with Crippen molar-refractivity contribution in [2.24, 2.45) is 5.73 Å². The van der Waals surface area contributed by atoms with Gasteiger partial charge in [0, 0.05) is 10.5 Å². The number of benzene rings is 1. The Labute approximate surface area is 128 Å². The normalized spacial score (nSPS) is 11.3. The van der Waals surface area contributed by atoms with Crippen LogP contribution >= 0.6 is 15.9 Å². The van der Waals surface area contributed by atoms with Gasteiger partial charge < -0.3 is 26.2 Å². The molecule has 0 aromatic heterocycles. The van der Waals surface area contributed by atoms with Gasteiger partial charge in [0.05, 0.1) is 19.2 Å². The highest BCUT2D eigenvalue weighted by atomic mass is 79.9. The largest absolute Gasteiger partial charge is 0.497 e. The van der Waals surface area contributed by atoms with Gasteiger partial charge in [-0.25, -0.2) is 9.59 Å². The number of anilines is 1. The van der Waals surface area contributed by atoms with E-state index in [0.29, 0.717) is 15.9 Å². The van der Waals surface area contributed by atoms with Gasteiger partial charge in [-0.1, -0.05) is 0 Å². The number of aliphatic carboxylic acids is 1. The van der Waals surface area contributed by atoms with Crippen molar-refractivity contribution in [3.63, 3.8) is 0 Å².